The third kappa shape index (κ3) is 4.63. The van der Waals surface area contributed by atoms with Crippen LogP contribution in [0.4, 0.5) is 4.39 Å². The van der Waals surface area contributed by atoms with Crippen LogP contribution in [-0.2, 0) is 6.42 Å². The van der Waals surface area contributed by atoms with Gasteiger partial charge >= 0.3 is 0 Å². The van der Waals surface area contributed by atoms with E-state index < -0.39 is 0 Å². The molecule has 0 radical (unpaired) electrons. The minimum Gasteiger partial charge on any atom is -0.207 e. The number of hydrogen-bond acceptors (Lipinski definition) is 0. The molecule has 2 aliphatic carbocycles. The summed E-state index contributed by atoms with van der Waals surface area (Å²) >= 11 is 0. The maximum atomic E-state index is 13.1. The smallest absolute Gasteiger partial charge is 0.126 e. The van der Waals surface area contributed by atoms with E-state index in [0.717, 1.165) is 17.9 Å². The first-order valence-corrected chi connectivity index (χ1v) is 7.90. The predicted molar refractivity (Wildman–Crippen MR) is 82.2 cm³/mol. The molecule has 0 spiro atoms. The number of benzene rings is 1. The summed E-state index contributed by atoms with van der Waals surface area (Å²) in [6.07, 6.45) is 6.67. The Morgan fingerprint density at radius 1 is 1.16 bits per heavy atom. The van der Waals surface area contributed by atoms with E-state index in [0.29, 0.717) is 5.92 Å². The van der Waals surface area contributed by atoms with Crippen LogP contribution in [0.1, 0.15) is 76.0 Å². The van der Waals surface area contributed by atoms with E-state index in [-0.39, 0.29) is 5.82 Å². The summed E-state index contributed by atoms with van der Waals surface area (Å²) in [4.78, 5) is 0. The lowest BCUT2D eigenvalue weighted by Crippen LogP contribution is -1.90. The van der Waals surface area contributed by atoms with Gasteiger partial charge in [0, 0.05) is 0 Å². The molecule has 0 aliphatic heterocycles. The van der Waals surface area contributed by atoms with Crippen LogP contribution >= 0.6 is 0 Å². The van der Waals surface area contributed by atoms with Crippen molar-refractivity contribution in [2.45, 2.75) is 72.6 Å². The molecular formula is C18H29F. The lowest BCUT2D eigenvalue weighted by atomic mass is 10.0. The molecule has 1 atom stereocenters. The van der Waals surface area contributed by atoms with Crippen molar-refractivity contribution in [3.8, 4) is 0 Å². The highest BCUT2D eigenvalue weighted by atomic mass is 19.1. The fourth-order valence-corrected chi connectivity index (χ4v) is 2.47. The second kappa shape index (κ2) is 7.67. The maximum Gasteiger partial charge on any atom is 0.126 e. The van der Waals surface area contributed by atoms with Crippen LogP contribution in [0.2, 0.25) is 0 Å². The number of aryl methyl sites for hydroxylation is 2. The van der Waals surface area contributed by atoms with Gasteiger partial charge in [0.05, 0.1) is 0 Å². The zero-order chi connectivity index (χ0) is 14.4. The van der Waals surface area contributed by atoms with Gasteiger partial charge in [-0.3, -0.25) is 0 Å². The summed E-state index contributed by atoms with van der Waals surface area (Å²) in [5.41, 5.74) is 3.35. The normalized spacial score (nSPS) is 19.8. The average Bonchev–Trinajstić information content (AvgIpc) is 3.21. The van der Waals surface area contributed by atoms with E-state index in [1.807, 2.05) is 26.8 Å². The third-order valence-electron chi connectivity index (χ3n) is 4.07. The van der Waals surface area contributed by atoms with Crippen LogP contribution in [0.15, 0.2) is 12.1 Å². The Labute approximate surface area is 118 Å². The molecule has 1 heteroatoms. The number of hydrogen-bond donors (Lipinski definition) is 0. The molecule has 3 rings (SSSR count). The fourth-order valence-electron chi connectivity index (χ4n) is 2.47. The lowest BCUT2D eigenvalue weighted by molar-refractivity contribution is 0.616. The zero-order valence-electron chi connectivity index (χ0n) is 13.2. The van der Waals surface area contributed by atoms with Crippen molar-refractivity contribution < 1.29 is 4.39 Å². The first-order chi connectivity index (χ1) is 9.11. The summed E-state index contributed by atoms with van der Waals surface area (Å²) < 4.78 is 13.1. The second-order valence-electron chi connectivity index (χ2n) is 5.59. The van der Waals surface area contributed by atoms with E-state index in [4.69, 9.17) is 0 Å². The molecule has 1 saturated carbocycles. The molecule has 0 unspecified atom stereocenters. The quantitative estimate of drug-likeness (QED) is 0.582. The molecule has 2 aliphatic rings. The van der Waals surface area contributed by atoms with Crippen molar-refractivity contribution in [1.29, 1.82) is 0 Å². The highest BCUT2D eigenvalue weighted by Crippen LogP contribution is 2.33. The Hall–Kier alpha value is -0.850. The van der Waals surface area contributed by atoms with Gasteiger partial charge in [-0.05, 0) is 54.4 Å². The van der Waals surface area contributed by atoms with Gasteiger partial charge in [0.15, 0.2) is 0 Å². The second-order valence-corrected chi connectivity index (χ2v) is 5.59. The van der Waals surface area contributed by atoms with Gasteiger partial charge in [-0.15, -0.1) is 0 Å². The minimum atomic E-state index is -0.0529. The van der Waals surface area contributed by atoms with Crippen molar-refractivity contribution in [2.24, 2.45) is 5.92 Å². The first kappa shape index (κ1) is 16.2. The summed E-state index contributed by atoms with van der Waals surface area (Å²) in [6, 6.07) is 3.70. The summed E-state index contributed by atoms with van der Waals surface area (Å²) in [7, 11) is 0. The average molecular weight is 264 g/mol. The van der Waals surface area contributed by atoms with Crippen molar-refractivity contribution >= 4 is 0 Å². The number of halogens is 1. The Kier molecular flexibility index (Phi) is 6.54. The molecule has 0 saturated heterocycles. The van der Waals surface area contributed by atoms with Gasteiger partial charge in [0.25, 0.3) is 0 Å². The van der Waals surface area contributed by atoms with Crippen LogP contribution in [0.3, 0.4) is 0 Å². The summed E-state index contributed by atoms with van der Waals surface area (Å²) in [5, 5.41) is 0. The molecule has 1 aromatic carbocycles. The molecule has 108 valence electrons. The maximum absolute atomic E-state index is 13.1. The topological polar surface area (TPSA) is 0 Å². The first-order valence-electron chi connectivity index (χ1n) is 7.90. The minimum absolute atomic E-state index is 0.0529. The van der Waals surface area contributed by atoms with Gasteiger partial charge in [-0.1, -0.05) is 53.0 Å². The van der Waals surface area contributed by atoms with E-state index in [2.05, 4.69) is 13.8 Å². The van der Waals surface area contributed by atoms with Crippen molar-refractivity contribution in [3.05, 3.63) is 34.6 Å². The highest BCUT2D eigenvalue weighted by Gasteiger charge is 2.19. The Bertz CT molecular complexity index is 391. The van der Waals surface area contributed by atoms with Gasteiger partial charge < -0.3 is 0 Å². The van der Waals surface area contributed by atoms with E-state index in [1.54, 1.807) is 6.07 Å². The van der Waals surface area contributed by atoms with Gasteiger partial charge in [-0.2, -0.15) is 0 Å². The zero-order valence-corrected chi connectivity index (χ0v) is 13.2. The number of fused-ring (bicyclic) bond motifs is 1. The van der Waals surface area contributed by atoms with Crippen LogP contribution in [-0.4, -0.2) is 0 Å². The van der Waals surface area contributed by atoms with Crippen molar-refractivity contribution in [1.82, 2.24) is 0 Å². The van der Waals surface area contributed by atoms with Gasteiger partial charge in [-0.25, -0.2) is 4.39 Å². The predicted octanol–water partition coefficient (Wildman–Crippen LogP) is 6.02. The van der Waals surface area contributed by atoms with Crippen LogP contribution in [0, 0.1) is 18.7 Å². The fraction of sp³-hybridized carbons (Fsp3) is 0.667. The number of rotatable bonds is 1. The van der Waals surface area contributed by atoms with E-state index in [1.165, 1.54) is 36.8 Å². The Balaban J connectivity index is 0.000000216. The molecule has 1 aromatic rings. The Morgan fingerprint density at radius 3 is 2.26 bits per heavy atom. The van der Waals surface area contributed by atoms with Gasteiger partial charge in [0.2, 0.25) is 0 Å². The lowest BCUT2D eigenvalue weighted by Gasteiger charge is -2.05. The van der Waals surface area contributed by atoms with Gasteiger partial charge in [0.1, 0.15) is 5.82 Å². The molecule has 0 heterocycles. The van der Waals surface area contributed by atoms with Crippen LogP contribution in [0.5, 0.6) is 0 Å². The van der Waals surface area contributed by atoms with E-state index >= 15 is 0 Å². The molecule has 0 amide bonds. The van der Waals surface area contributed by atoms with E-state index in [9.17, 15) is 4.39 Å². The SMILES string of the molecule is CC.CCC1CC1.Cc1cc2c(cc1F)CC[C@@H]2C. The molecule has 0 N–H and O–H groups in total. The highest BCUT2D eigenvalue weighted by molar-refractivity contribution is 5.38. The third-order valence-corrected chi connectivity index (χ3v) is 4.07. The standard InChI is InChI=1S/C11H13F.C5H10.C2H6/c1-7-3-4-9-6-11(12)8(2)5-10(7)9;1-2-5-3-4-5;1-2/h5-7H,3-4H2,1-2H3;5H,2-4H2,1H3;1-2H3/t7-;;/m0../s1. The van der Waals surface area contributed by atoms with Crippen molar-refractivity contribution in [2.75, 3.05) is 0 Å². The molecular weight excluding hydrogens is 235 g/mol. The largest absolute Gasteiger partial charge is 0.207 e. The Morgan fingerprint density at radius 2 is 1.79 bits per heavy atom. The molecule has 0 bridgehead atoms. The van der Waals surface area contributed by atoms with Crippen LogP contribution < -0.4 is 0 Å². The van der Waals surface area contributed by atoms with Crippen LogP contribution in [0.25, 0.3) is 0 Å². The summed E-state index contributed by atoms with van der Waals surface area (Å²) in [6.45, 7) is 10.3. The molecule has 0 nitrogen and oxygen atoms in total. The molecule has 0 aromatic heterocycles. The van der Waals surface area contributed by atoms with Crippen molar-refractivity contribution in [3.63, 3.8) is 0 Å². The monoisotopic (exact) mass is 264 g/mol. The summed E-state index contributed by atoms with van der Waals surface area (Å²) in [5.74, 6) is 1.71. The molecule has 19 heavy (non-hydrogen) atoms. The molecule has 1 fully saturated rings.